The Kier molecular flexibility index (Phi) is 7.10. The van der Waals surface area contributed by atoms with Crippen molar-refractivity contribution >= 4 is 23.4 Å². The summed E-state index contributed by atoms with van der Waals surface area (Å²) in [7, 11) is 1.64. The Hall–Kier alpha value is -3.58. The molecule has 0 atom stereocenters. The van der Waals surface area contributed by atoms with E-state index in [4.69, 9.17) is 4.74 Å². The summed E-state index contributed by atoms with van der Waals surface area (Å²) in [5.41, 5.74) is 5.11. The molecule has 0 spiro atoms. The van der Waals surface area contributed by atoms with Crippen LogP contribution in [0.15, 0.2) is 78.0 Å². The lowest BCUT2D eigenvalue weighted by molar-refractivity contribution is -0.113. The molecule has 0 bridgehead atoms. The molecule has 0 aliphatic carbocycles. The zero-order valence-electron chi connectivity index (χ0n) is 18.9. The Morgan fingerprint density at radius 1 is 1.00 bits per heavy atom. The van der Waals surface area contributed by atoms with E-state index in [1.165, 1.54) is 17.3 Å². The summed E-state index contributed by atoms with van der Waals surface area (Å²) in [5, 5.41) is 12.5. The van der Waals surface area contributed by atoms with E-state index < -0.39 is 0 Å². The molecule has 0 saturated heterocycles. The number of anilines is 1. The molecule has 1 amide bonds. The molecule has 1 heterocycles. The van der Waals surface area contributed by atoms with E-state index in [9.17, 15) is 4.79 Å². The monoisotopic (exact) mass is 458 g/mol. The number of amides is 1. The molecule has 0 aliphatic rings. The van der Waals surface area contributed by atoms with E-state index >= 15 is 0 Å². The molecule has 1 N–H and O–H groups in total. The van der Waals surface area contributed by atoms with Gasteiger partial charge in [0.25, 0.3) is 0 Å². The highest BCUT2D eigenvalue weighted by Crippen LogP contribution is 2.27. The van der Waals surface area contributed by atoms with Crippen LogP contribution in [0.3, 0.4) is 0 Å². The predicted octanol–water partition coefficient (Wildman–Crippen LogP) is 5.35. The number of hydrogen-bond acceptors (Lipinski definition) is 5. The number of hydrogen-bond donors (Lipinski definition) is 1. The lowest BCUT2D eigenvalue weighted by atomic mass is 10.1. The van der Waals surface area contributed by atoms with Crippen LogP contribution in [0.2, 0.25) is 0 Å². The summed E-state index contributed by atoms with van der Waals surface area (Å²) in [6.07, 6.45) is 0. The second-order valence-electron chi connectivity index (χ2n) is 7.76. The molecule has 7 heteroatoms. The van der Waals surface area contributed by atoms with Crippen LogP contribution < -0.4 is 10.1 Å². The van der Waals surface area contributed by atoms with Gasteiger partial charge >= 0.3 is 0 Å². The van der Waals surface area contributed by atoms with Crippen molar-refractivity contribution in [1.82, 2.24) is 14.8 Å². The van der Waals surface area contributed by atoms with E-state index in [1.54, 1.807) is 7.11 Å². The largest absolute Gasteiger partial charge is 0.497 e. The molecule has 0 saturated carbocycles. The number of nitrogens with one attached hydrogen (secondary N) is 1. The number of carbonyl (C=O) groups is 1. The van der Waals surface area contributed by atoms with Gasteiger partial charge in [0, 0.05) is 11.3 Å². The van der Waals surface area contributed by atoms with Gasteiger partial charge < -0.3 is 10.1 Å². The number of aryl methyl sites for hydroxylation is 2. The summed E-state index contributed by atoms with van der Waals surface area (Å²) >= 11 is 1.38. The number of benzene rings is 3. The number of nitrogens with zero attached hydrogens (tertiary/aromatic N) is 3. The van der Waals surface area contributed by atoms with E-state index in [-0.39, 0.29) is 11.7 Å². The fourth-order valence-electron chi connectivity index (χ4n) is 3.53. The Balaban J connectivity index is 1.55. The first-order valence-electron chi connectivity index (χ1n) is 10.6. The van der Waals surface area contributed by atoms with Gasteiger partial charge in [0.2, 0.25) is 5.91 Å². The number of carbonyl (C=O) groups excluding carboxylic acids is 1. The molecular weight excluding hydrogens is 432 g/mol. The van der Waals surface area contributed by atoms with Crippen LogP contribution in [0, 0.1) is 13.8 Å². The summed E-state index contributed by atoms with van der Waals surface area (Å²) in [4.78, 5) is 12.6. The normalized spacial score (nSPS) is 10.8. The fourth-order valence-corrected chi connectivity index (χ4v) is 4.27. The maximum absolute atomic E-state index is 12.6. The first kappa shape index (κ1) is 22.6. The van der Waals surface area contributed by atoms with Crippen molar-refractivity contribution in [3.63, 3.8) is 0 Å². The van der Waals surface area contributed by atoms with Crippen molar-refractivity contribution in [3.8, 4) is 17.1 Å². The van der Waals surface area contributed by atoms with Crippen LogP contribution in [-0.2, 0) is 11.3 Å². The molecule has 33 heavy (non-hydrogen) atoms. The second kappa shape index (κ2) is 10.4. The van der Waals surface area contributed by atoms with Crippen molar-refractivity contribution in [3.05, 3.63) is 89.5 Å². The summed E-state index contributed by atoms with van der Waals surface area (Å²) < 4.78 is 7.32. The van der Waals surface area contributed by atoms with Crippen LogP contribution in [-0.4, -0.2) is 33.5 Å². The van der Waals surface area contributed by atoms with Crippen molar-refractivity contribution in [2.24, 2.45) is 0 Å². The Labute approximate surface area is 198 Å². The molecule has 6 nitrogen and oxygen atoms in total. The number of rotatable bonds is 8. The molecule has 4 aromatic rings. The predicted molar refractivity (Wildman–Crippen MR) is 133 cm³/mol. The van der Waals surface area contributed by atoms with E-state index in [2.05, 4.69) is 33.7 Å². The molecule has 1 aromatic heterocycles. The van der Waals surface area contributed by atoms with Gasteiger partial charge in [-0.2, -0.15) is 0 Å². The average molecular weight is 459 g/mol. The number of aromatic nitrogens is 3. The number of thioether (sulfide) groups is 1. The van der Waals surface area contributed by atoms with E-state index in [1.807, 2.05) is 73.0 Å². The number of ether oxygens (including phenoxy) is 1. The Morgan fingerprint density at radius 3 is 2.45 bits per heavy atom. The highest BCUT2D eigenvalue weighted by Gasteiger charge is 2.17. The van der Waals surface area contributed by atoms with Gasteiger partial charge in [0.1, 0.15) is 5.75 Å². The molecular formula is C26H26N4O2S. The molecule has 4 rings (SSSR count). The van der Waals surface area contributed by atoms with Crippen LogP contribution in [0.25, 0.3) is 11.4 Å². The van der Waals surface area contributed by atoms with Crippen molar-refractivity contribution in [2.45, 2.75) is 25.5 Å². The Morgan fingerprint density at radius 2 is 1.76 bits per heavy atom. The average Bonchev–Trinajstić information content (AvgIpc) is 3.22. The minimum atomic E-state index is -0.0767. The summed E-state index contributed by atoms with van der Waals surface area (Å²) in [5.74, 6) is 1.69. The molecule has 0 unspecified atom stereocenters. The lowest BCUT2D eigenvalue weighted by Crippen LogP contribution is -2.15. The third-order valence-electron chi connectivity index (χ3n) is 5.24. The van der Waals surface area contributed by atoms with Gasteiger partial charge in [-0.15, -0.1) is 10.2 Å². The fraction of sp³-hybridized carbons (Fsp3) is 0.192. The van der Waals surface area contributed by atoms with Gasteiger partial charge in [-0.1, -0.05) is 59.8 Å². The highest BCUT2D eigenvalue weighted by atomic mass is 32.2. The van der Waals surface area contributed by atoms with Gasteiger partial charge in [-0.05, 0) is 55.3 Å². The number of methoxy groups -OCH3 is 1. The minimum absolute atomic E-state index is 0.0767. The van der Waals surface area contributed by atoms with Crippen molar-refractivity contribution < 1.29 is 9.53 Å². The molecule has 3 aromatic carbocycles. The molecule has 0 radical (unpaired) electrons. The van der Waals surface area contributed by atoms with Crippen molar-refractivity contribution in [2.75, 3.05) is 18.2 Å². The van der Waals surface area contributed by atoms with Gasteiger partial charge in [0.05, 0.1) is 19.4 Å². The highest BCUT2D eigenvalue weighted by molar-refractivity contribution is 7.99. The SMILES string of the molecule is COc1ccc(-c2nnc(SCC(=O)Nc3ccc(C)cc3C)n2Cc2ccccc2)cc1. The van der Waals surface area contributed by atoms with E-state index in [0.29, 0.717) is 11.7 Å². The summed E-state index contributed by atoms with van der Waals surface area (Å²) in [6.45, 7) is 4.64. The second-order valence-corrected chi connectivity index (χ2v) is 8.70. The van der Waals surface area contributed by atoms with Gasteiger partial charge in [-0.3, -0.25) is 9.36 Å². The smallest absolute Gasteiger partial charge is 0.234 e. The third kappa shape index (κ3) is 5.62. The van der Waals surface area contributed by atoms with Crippen LogP contribution in [0.1, 0.15) is 16.7 Å². The maximum Gasteiger partial charge on any atom is 0.234 e. The first-order valence-corrected chi connectivity index (χ1v) is 11.6. The lowest BCUT2D eigenvalue weighted by Gasteiger charge is -2.12. The van der Waals surface area contributed by atoms with Crippen LogP contribution >= 0.6 is 11.8 Å². The van der Waals surface area contributed by atoms with Crippen LogP contribution in [0.5, 0.6) is 5.75 Å². The summed E-state index contributed by atoms with van der Waals surface area (Å²) in [6, 6.07) is 23.9. The maximum atomic E-state index is 12.6. The topological polar surface area (TPSA) is 69.0 Å². The quantitative estimate of drug-likeness (QED) is 0.361. The van der Waals surface area contributed by atoms with E-state index in [0.717, 1.165) is 34.0 Å². The third-order valence-corrected chi connectivity index (χ3v) is 6.20. The van der Waals surface area contributed by atoms with Gasteiger partial charge in [-0.25, -0.2) is 0 Å². The zero-order chi connectivity index (χ0) is 23.2. The molecule has 0 aliphatic heterocycles. The molecule has 168 valence electrons. The zero-order valence-corrected chi connectivity index (χ0v) is 19.7. The molecule has 0 fully saturated rings. The van der Waals surface area contributed by atoms with Crippen LogP contribution in [0.4, 0.5) is 5.69 Å². The minimum Gasteiger partial charge on any atom is -0.497 e. The first-order chi connectivity index (χ1) is 16.0. The standard InChI is InChI=1S/C26H26N4O2S/c1-18-9-14-23(19(2)15-18)27-24(31)17-33-26-29-28-25(21-10-12-22(32-3)13-11-21)30(26)16-20-7-5-4-6-8-20/h4-15H,16-17H2,1-3H3,(H,27,31). The van der Waals surface area contributed by atoms with Crippen molar-refractivity contribution in [1.29, 1.82) is 0 Å². The van der Waals surface area contributed by atoms with Gasteiger partial charge in [0.15, 0.2) is 11.0 Å². The Bertz CT molecular complexity index is 1240.